The fourth-order valence-corrected chi connectivity index (χ4v) is 4.00. The number of nitrogens with zero attached hydrogens (tertiary/aromatic N) is 2. The zero-order chi connectivity index (χ0) is 22.2. The first kappa shape index (κ1) is 25.2. The number of aliphatic imine (C=N–C) groups is 1. The number of guanidine groups is 1. The van der Waals surface area contributed by atoms with Crippen LogP contribution in [0.15, 0.2) is 70.3 Å². The topological polar surface area (TPSA) is 71.7 Å². The summed E-state index contributed by atoms with van der Waals surface area (Å²) in [6, 6.07) is 18.6. The molecule has 0 bridgehead atoms. The van der Waals surface area contributed by atoms with Crippen LogP contribution >= 0.6 is 24.0 Å². The largest absolute Gasteiger partial charge is 0.444 e. The van der Waals surface area contributed by atoms with Crippen molar-refractivity contribution in [3.05, 3.63) is 77.7 Å². The van der Waals surface area contributed by atoms with E-state index in [1.165, 1.54) is 11.1 Å². The van der Waals surface area contributed by atoms with E-state index in [1.807, 2.05) is 30.3 Å². The van der Waals surface area contributed by atoms with Crippen LogP contribution < -0.4 is 10.6 Å². The highest BCUT2D eigenvalue weighted by Crippen LogP contribution is 2.33. The number of hydrogen-bond acceptors (Lipinski definition) is 4. The number of ether oxygens (including phenoxy) is 1. The second kappa shape index (κ2) is 12.7. The molecule has 0 aliphatic carbocycles. The summed E-state index contributed by atoms with van der Waals surface area (Å²) in [5, 5.41) is 6.84. The zero-order valence-corrected chi connectivity index (χ0v) is 21.6. The predicted octanol–water partition coefficient (Wildman–Crippen LogP) is 5.49. The summed E-state index contributed by atoms with van der Waals surface area (Å²) in [5.41, 5.74) is 4.29. The van der Waals surface area contributed by atoms with E-state index >= 15 is 0 Å². The Kier molecular flexibility index (Phi) is 9.75. The van der Waals surface area contributed by atoms with E-state index in [-0.39, 0.29) is 30.1 Å². The van der Waals surface area contributed by atoms with Crippen molar-refractivity contribution in [2.75, 3.05) is 19.7 Å². The minimum absolute atomic E-state index is 0. The van der Waals surface area contributed by atoms with E-state index in [1.54, 1.807) is 6.26 Å². The second-order valence-electron chi connectivity index (χ2n) is 8.19. The van der Waals surface area contributed by atoms with Gasteiger partial charge in [0.05, 0.1) is 12.6 Å². The Hall–Kier alpha value is -2.39. The third kappa shape index (κ3) is 7.04. The van der Waals surface area contributed by atoms with E-state index in [2.05, 4.69) is 53.7 Å². The first-order valence-corrected chi connectivity index (χ1v) is 11.4. The molecular weight excluding hydrogens is 527 g/mol. The van der Waals surface area contributed by atoms with Gasteiger partial charge in [-0.05, 0) is 44.4 Å². The summed E-state index contributed by atoms with van der Waals surface area (Å²) in [6.07, 6.45) is 4.01. The van der Waals surface area contributed by atoms with Crippen LogP contribution in [0.2, 0.25) is 0 Å². The van der Waals surface area contributed by atoms with Crippen LogP contribution in [0.5, 0.6) is 0 Å². The van der Waals surface area contributed by atoms with E-state index < -0.39 is 0 Å². The van der Waals surface area contributed by atoms with Crippen LogP contribution in [0.3, 0.4) is 0 Å². The highest BCUT2D eigenvalue weighted by molar-refractivity contribution is 14.0. The number of halogens is 1. The molecule has 0 spiro atoms. The van der Waals surface area contributed by atoms with Gasteiger partial charge in [-0.1, -0.05) is 48.0 Å². The van der Waals surface area contributed by atoms with E-state index in [0.29, 0.717) is 18.4 Å². The first-order valence-electron chi connectivity index (χ1n) is 11.4. The molecule has 1 fully saturated rings. The lowest BCUT2D eigenvalue weighted by Gasteiger charge is -2.32. The Morgan fingerprint density at radius 3 is 2.64 bits per heavy atom. The maximum Gasteiger partial charge on any atom is 0.226 e. The van der Waals surface area contributed by atoms with Crippen molar-refractivity contribution < 1.29 is 9.15 Å². The number of hydrogen-bond donors (Lipinski definition) is 2. The molecule has 33 heavy (non-hydrogen) atoms. The summed E-state index contributed by atoms with van der Waals surface area (Å²) < 4.78 is 11.8. The van der Waals surface area contributed by atoms with Crippen molar-refractivity contribution >= 4 is 29.9 Å². The minimum Gasteiger partial charge on any atom is -0.444 e. The molecule has 7 heteroatoms. The Morgan fingerprint density at radius 1 is 1.09 bits per heavy atom. The summed E-state index contributed by atoms with van der Waals surface area (Å²) in [5.74, 6) is 1.80. The SMILES string of the molecule is CCNC(=NCc1coc(-c2ccccc2)n1)NCC1CCCOC1c1ccc(C)cc1.I. The molecule has 2 heterocycles. The molecule has 1 aliphatic rings. The Bertz CT molecular complexity index is 1000. The molecule has 0 radical (unpaired) electrons. The van der Waals surface area contributed by atoms with Gasteiger partial charge in [0.15, 0.2) is 5.96 Å². The molecular formula is C26H33IN4O2. The average Bonchev–Trinajstić information content (AvgIpc) is 3.31. The fourth-order valence-electron chi connectivity index (χ4n) is 4.00. The standard InChI is InChI=1S/C26H32N4O2.HI/c1-3-27-26(29-17-23-18-32-25(30-23)21-8-5-4-6-9-21)28-16-22-10-7-15-31-24(22)20-13-11-19(2)12-14-20;/h4-6,8-9,11-14,18,22,24H,3,7,10,15-17H2,1-2H3,(H2,27,28,29);1H. The Labute approximate surface area is 213 Å². The molecule has 176 valence electrons. The lowest BCUT2D eigenvalue weighted by molar-refractivity contribution is -0.0265. The summed E-state index contributed by atoms with van der Waals surface area (Å²) in [4.78, 5) is 9.29. The van der Waals surface area contributed by atoms with Crippen LogP contribution in [0.25, 0.3) is 11.5 Å². The number of aryl methyl sites for hydroxylation is 1. The number of aromatic nitrogens is 1. The van der Waals surface area contributed by atoms with Crippen molar-refractivity contribution in [2.45, 2.75) is 39.3 Å². The maximum absolute atomic E-state index is 6.16. The quantitative estimate of drug-likeness (QED) is 0.227. The fraction of sp³-hybridized carbons (Fsp3) is 0.385. The van der Waals surface area contributed by atoms with Gasteiger partial charge in [0.2, 0.25) is 5.89 Å². The lowest BCUT2D eigenvalue weighted by atomic mass is 9.89. The van der Waals surface area contributed by atoms with Crippen molar-refractivity contribution in [2.24, 2.45) is 10.9 Å². The van der Waals surface area contributed by atoms with Gasteiger partial charge in [-0.25, -0.2) is 9.98 Å². The van der Waals surface area contributed by atoms with Gasteiger partial charge in [-0.15, -0.1) is 24.0 Å². The molecule has 6 nitrogen and oxygen atoms in total. The predicted molar refractivity (Wildman–Crippen MR) is 143 cm³/mol. The van der Waals surface area contributed by atoms with Crippen LogP contribution in [0, 0.1) is 12.8 Å². The molecule has 3 aromatic rings. The first-order chi connectivity index (χ1) is 15.7. The summed E-state index contributed by atoms with van der Waals surface area (Å²) >= 11 is 0. The highest BCUT2D eigenvalue weighted by Gasteiger charge is 2.27. The molecule has 2 N–H and O–H groups in total. The number of benzene rings is 2. The van der Waals surface area contributed by atoms with Crippen LogP contribution in [-0.2, 0) is 11.3 Å². The van der Waals surface area contributed by atoms with E-state index in [9.17, 15) is 0 Å². The van der Waals surface area contributed by atoms with Gasteiger partial charge in [0, 0.05) is 31.2 Å². The van der Waals surface area contributed by atoms with Crippen molar-refractivity contribution in [3.8, 4) is 11.5 Å². The smallest absolute Gasteiger partial charge is 0.226 e. The van der Waals surface area contributed by atoms with Crippen LogP contribution in [-0.4, -0.2) is 30.6 Å². The monoisotopic (exact) mass is 560 g/mol. The van der Waals surface area contributed by atoms with Gasteiger partial charge in [0.1, 0.15) is 12.0 Å². The van der Waals surface area contributed by atoms with Crippen LogP contribution in [0.1, 0.15) is 42.7 Å². The molecule has 1 aliphatic heterocycles. The van der Waals surface area contributed by atoms with Crippen LogP contribution in [0.4, 0.5) is 0 Å². The second-order valence-corrected chi connectivity index (χ2v) is 8.19. The highest BCUT2D eigenvalue weighted by atomic mass is 127. The Balaban J connectivity index is 0.00000306. The van der Waals surface area contributed by atoms with Crippen molar-refractivity contribution in [1.29, 1.82) is 0 Å². The number of oxazole rings is 1. The maximum atomic E-state index is 6.16. The summed E-state index contributed by atoms with van der Waals surface area (Å²) in [7, 11) is 0. The summed E-state index contributed by atoms with van der Waals surface area (Å²) in [6.45, 7) is 7.05. The third-order valence-corrected chi connectivity index (χ3v) is 5.70. The molecule has 0 amide bonds. The van der Waals surface area contributed by atoms with E-state index in [0.717, 1.165) is 49.8 Å². The average molecular weight is 560 g/mol. The normalized spacial score (nSPS) is 18.4. The molecule has 2 unspecified atom stereocenters. The molecule has 2 atom stereocenters. The zero-order valence-electron chi connectivity index (χ0n) is 19.3. The lowest BCUT2D eigenvalue weighted by Crippen LogP contribution is -2.42. The van der Waals surface area contributed by atoms with Gasteiger partial charge < -0.3 is 19.8 Å². The van der Waals surface area contributed by atoms with Gasteiger partial charge in [-0.3, -0.25) is 0 Å². The van der Waals surface area contributed by atoms with Crippen molar-refractivity contribution in [1.82, 2.24) is 15.6 Å². The molecule has 2 aromatic carbocycles. The van der Waals surface area contributed by atoms with Gasteiger partial charge >= 0.3 is 0 Å². The van der Waals surface area contributed by atoms with Gasteiger partial charge in [0.25, 0.3) is 0 Å². The molecule has 1 aromatic heterocycles. The minimum atomic E-state index is 0. The molecule has 4 rings (SSSR count). The number of rotatable bonds is 7. The van der Waals surface area contributed by atoms with E-state index in [4.69, 9.17) is 14.1 Å². The molecule has 0 saturated carbocycles. The van der Waals surface area contributed by atoms with Crippen molar-refractivity contribution in [3.63, 3.8) is 0 Å². The van der Waals surface area contributed by atoms with Gasteiger partial charge in [-0.2, -0.15) is 0 Å². The third-order valence-electron chi connectivity index (χ3n) is 5.70. The Morgan fingerprint density at radius 2 is 1.88 bits per heavy atom. The number of nitrogens with one attached hydrogen (secondary N) is 2. The molecule has 1 saturated heterocycles.